The van der Waals surface area contributed by atoms with Crippen LogP contribution in [0.2, 0.25) is 0 Å². The van der Waals surface area contributed by atoms with Crippen molar-refractivity contribution in [3.05, 3.63) is 29.8 Å². The fourth-order valence-electron chi connectivity index (χ4n) is 0.966. The van der Waals surface area contributed by atoms with Crippen LogP contribution in [0.5, 0.6) is 0 Å². The minimum absolute atomic E-state index is 0.313. The van der Waals surface area contributed by atoms with Crippen LogP contribution in [-0.4, -0.2) is 36.8 Å². The summed E-state index contributed by atoms with van der Waals surface area (Å²) >= 11 is 0. The summed E-state index contributed by atoms with van der Waals surface area (Å²) in [5.41, 5.74) is 1.16. The molecule has 0 atom stereocenters. The number of anilines is 1. The van der Waals surface area contributed by atoms with Crippen LogP contribution in [0, 0.1) is 0 Å². The molecule has 0 aliphatic rings. The molecule has 96 valence electrons. The van der Waals surface area contributed by atoms with Crippen molar-refractivity contribution < 1.29 is 22.9 Å². The molecule has 7 heteroatoms. The lowest BCUT2D eigenvalue weighted by atomic mass is 10.2. The zero-order valence-electron chi connectivity index (χ0n) is 9.54. The molecule has 0 aliphatic heterocycles. The van der Waals surface area contributed by atoms with E-state index in [-0.39, 0.29) is 0 Å². The summed E-state index contributed by atoms with van der Waals surface area (Å²) in [4.78, 5) is 10.5. The van der Waals surface area contributed by atoms with Crippen LogP contribution in [0.1, 0.15) is 17.3 Å². The van der Waals surface area contributed by atoms with Gasteiger partial charge in [-0.25, -0.2) is 4.79 Å². The minimum atomic E-state index is -3.67. The van der Waals surface area contributed by atoms with Gasteiger partial charge in [0.05, 0.1) is 11.8 Å². The molecular weight excluding hydrogens is 246 g/mol. The third kappa shape index (κ3) is 9.34. The van der Waals surface area contributed by atoms with Crippen LogP contribution in [0.15, 0.2) is 24.3 Å². The molecule has 0 radical (unpaired) electrons. The minimum Gasteiger partial charge on any atom is -0.478 e. The monoisotopic (exact) mass is 261 g/mol. The number of benzene rings is 1. The van der Waals surface area contributed by atoms with Gasteiger partial charge in [-0.2, -0.15) is 8.42 Å². The van der Waals surface area contributed by atoms with Crippen molar-refractivity contribution in [1.82, 2.24) is 0 Å². The molecule has 0 fully saturated rings. The van der Waals surface area contributed by atoms with E-state index in [1.54, 1.807) is 18.2 Å². The molecule has 0 amide bonds. The highest BCUT2D eigenvalue weighted by atomic mass is 32.2. The zero-order chi connectivity index (χ0) is 13.5. The van der Waals surface area contributed by atoms with Crippen molar-refractivity contribution in [2.75, 3.05) is 18.1 Å². The molecule has 1 aromatic rings. The van der Waals surface area contributed by atoms with Gasteiger partial charge in [0.15, 0.2) is 0 Å². The summed E-state index contributed by atoms with van der Waals surface area (Å²) in [6.45, 7) is 2.76. The fraction of sp³-hybridized carbons (Fsp3) is 0.300. The van der Waals surface area contributed by atoms with Gasteiger partial charge < -0.3 is 10.4 Å². The average molecular weight is 261 g/mol. The maximum atomic E-state index is 10.5. The van der Waals surface area contributed by atoms with Crippen molar-refractivity contribution in [3.8, 4) is 0 Å². The average Bonchev–Trinajstić information content (AvgIpc) is 2.16. The van der Waals surface area contributed by atoms with E-state index in [9.17, 15) is 13.2 Å². The van der Waals surface area contributed by atoms with Crippen molar-refractivity contribution in [1.29, 1.82) is 0 Å². The molecule has 6 nitrogen and oxygen atoms in total. The second-order valence-electron chi connectivity index (χ2n) is 3.15. The standard InChI is InChI=1S/C9H11NO2.CH4O3S/c1-2-10-8-5-3-4-7(6-8)9(11)12;1-5(2,3)4/h3-6,10H,2H2,1H3,(H,11,12);1H3,(H,2,3,4). The van der Waals surface area contributed by atoms with Gasteiger partial charge in [0.25, 0.3) is 10.1 Å². The van der Waals surface area contributed by atoms with Gasteiger partial charge in [-0.15, -0.1) is 0 Å². The first kappa shape index (κ1) is 15.4. The summed E-state index contributed by atoms with van der Waals surface area (Å²) in [5.74, 6) is -0.894. The number of rotatable bonds is 3. The molecule has 0 unspecified atom stereocenters. The number of carboxylic acid groups (broad SMARTS) is 1. The Morgan fingerprint density at radius 3 is 2.35 bits per heavy atom. The maximum absolute atomic E-state index is 10.5. The fourth-order valence-corrected chi connectivity index (χ4v) is 0.966. The topological polar surface area (TPSA) is 104 Å². The summed E-state index contributed by atoms with van der Waals surface area (Å²) in [7, 11) is -3.67. The Balaban J connectivity index is 0.000000437. The van der Waals surface area contributed by atoms with E-state index in [0.29, 0.717) is 11.8 Å². The maximum Gasteiger partial charge on any atom is 0.335 e. The normalized spacial score (nSPS) is 10.1. The van der Waals surface area contributed by atoms with Crippen LogP contribution < -0.4 is 5.32 Å². The number of carbonyl (C=O) groups is 1. The van der Waals surface area contributed by atoms with E-state index in [4.69, 9.17) is 9.66 Å². The van der Waals surface area contributed by atoms with E-state index in [1.165, 1.54) is 0 Å². The van der Waals surface area contributed by atoms with E-state index >= 15 is 0 Å². The summed E-state index contributed by atoms with van der Waals surface area (Å²) in [5, 5.41) is 11.7. The highest BCUT2D eigenvalue weighted by Gasteiger charge is 2.01. The van der Waals surface area contributed by atoms with Gasteiger partial charge in [0.1, 0.15) is 0 Å². The molecule has 0 aromatic heterocycles. The first-order chi connectivity index (χ1) is 7.74. The number of hydrogen-bond donors (Lipinski definition) is 3. The molecular formula is C10H15NO5S. The second-order valence-corrected chi connectivity index (χ2v) is 4.62. The molecule has 1 aromatic carbocycles. The summed E-state index contributed by atoms with van der Waals surface area (Å²) < 4.78 is 25.9. The molecule has 3 N–H and O–H groups in total. The lowest BCUT2D eigenvalue weighted by Gasteiger charge is -2.02. The summed E-state index contributed by atoms with van der Waals surface area (Å²) in [6.07, 6.45) is 0.715. The molecule has 0 spiro atoms. The number of aromatic carboxylic acids is 1. The Morgan fingerprint density at radius 1 is 1.41 bits per heavy atom. The van der Waals surface area contributed by atoms with E-state index in [1.807, 2.05) is 13.0 Å². The SMILES string of the molecule is CCNc1cccc(C(=O)O)c1.CS(=O)(=O)O. The van der Waals surface area contributed by atoms with Gasteiger partial charge in [-0.3, -0.25) is 4.55 Å². The molecule has 0 saturated heterocycles. The van der Waals surface area contributed by atoms with Gasteiger partial charge in [-0.1, -0.05) is 6.07 Å². The predicted octanol–water partition coefficient (Wildman–Crippen LogP) is 1.32. The molecule has 0 saturated carbocycles. The van der Waals surface area contributed by atoms with E-state index in [0.717, 1.165) is 12.2 Å². The molecule has 1 rings (SSSR count). The number of hydrogen-bond acceptors (Lipinski definition) is 4. The Bertz CT molecular complexity index is 461. The highest BCUT2D eigenvalue weighted by Crippen LogP contribution is 2.09. The van der Waals surface area contributed by atoms with Crippen LogP contribution in [0.3, 0.4) is 0 Å². The van der Waals surface area contributed by atoms with Crippen molar-refractivity contribution in [2.45, 2.75) is 6.92 Å². The lowest BCUT2D eigenvalue weighted by Crippen LogP contribution is -2.00. The first-order valence-electron chi connectivity index (χ1n) is 4.73. The van der Waals surface area contributed by atoms with Crippen LogP contribution >= 0.6 is 0 Å². The number of nitrogens with one attached hydrogen (secondary N) is 1. The quantitative estimate of drug-likeness (QED) is 0.709. The zero-order valence-corrected chi connectivity index (χ0v) is 10.4. The Morgan fingerprint density at radius 2 is 1.94 bits per heavy atom. The lowest BCUT2D eigenvalue weighted by molar-refractivity contribution is 0.0697. The Labute approximate surface area is 100 Å². The van der Waals surface area contributed by atoms with Gasteiger partial charge in [0, 0.05) is 12.2 Å². The third-order valence-corrected chi connectivity index (χ3v) is 1.49. The Hall–Kier alpha value is -1.60. The van der Waals surface area contributed by atoms with Crippen molar-refractivity contribution >= 4 is 21.8 Å². The third-order valence-electron chi connectivity index (χ3n) is 1.49. The van der Waals surface area contributed by atoms with Crippen molar-refractivity contribution in [3.63, 3.8) is 0 Å². The Kier molecular flexibility index (Phi) is 6.22. The van der Waals surface area contributed by atoms with Gasteiger partial charge in [0.2, 0.25) is 0 Å². The van der Waals surface area contributed by atoms with Crippen LogP contribution in [-0.2, 0) is 10.1 Å². The highest BCUT2D eigenvalue weighted by molar-refractivity contribution is 7.85. The van der Waals surface area contributed by atoms with E-state index < -0.39 is 16.1 Å². The predicted molar refractivity (Wildman–Crippen MR) is 65.0 cm³/mol. The second kappa shape index (κ2) is 6.87. The first-order valence-corrected chi connectivity index (χ1v) is 6.58. The number of carboxylic acids is 1. The van der Waals surface area contributed by atoms with Gasteiger partial charge in [-0.05, 0) is 25.1 Å². The van der Waals surface area contributed by atoms with Crippen LogP contribution in [0.25, 0.3) is 0 Å². The van der Waals surface area contributed by atoms with E-state index in [2.05, 4.69) is 5.32 Å². The summed E-state index contributed by atoms with van der Waals surface area (Å²) in [6, 6.07) is 6.76. The van der Waals surface area contributed by atoms with Gasteiger partial charge >= 0.3 is 5.97 Å². The van der Waals surface area contributed by atoms with Crippen LogP contribution in [0.4, 0.5) is 5.69 Å². The molecule has 0 heterocycles. The van der Waals surface area contributed by atoms with Crippen molar-refractivity contribution in [2.24, 2.45) is 0 Å². The molecule has 0 aliphatic carbocycles. The molecule has 0 bridgehead atoms. The smallest absolute Gasteiger partial charge is 0.335 e. The molecule has 17 heavy (non-hydrogen) atoms. The largest absolute Gasteiger partial charge is 0.478 e.